The van der Waals surface area contributed by atoms with E-state index in [1.807, 2.05) is 24.3 Å². The molecule has 1 aliphatic carbocycles. The predicted octanol–water partition coefficient (Wildman–Crippen LogP) is 2.50. The van der Waals surface area contributed by atoms with E-state index in [1.165, 1.54) is 5.69 Å². The van der Waals surface area contributed by atoms with Gasteiger partial charge in [-0.25, -0.2) is 0 Å². The minimum Gasteiger partial charge on any atom is -0.497 e. The van der Waals surface area contributed by atoms with Crippen molar-refractivity contribution in [3.8, 4) is 5.75 Å². The maximum Gasteiger partial charge on any atom is 0.253 e. The molecule has 2 aromatic carbocycles. The normalized spacial score (nSPS) is 16.9. The molecule has 6 heteroatoms. The lowest BCUT2D eigenvalue weighted by atomic mass is 10.1. The number of nitrogens with two attached hydrogens (primary N) is 1. The Bertz CT molecular complexity index is 809. The van der Waals surface area contributed by atoms with Crippen molar-refractivity contribution in [2.24, 2.45) is 0 Å². The SMILES string of the molecule is COc1ccc(N2CCN(c3ccc(N)cc3C(=O)NC3CC3)CC2)cc1. The number of methoxy groups -OCH3 is 1. The third kappa shape index (κ3) is 3.94. The molecule has 4 rings (SSSR count). The molecule has 1 saturated heterocycles. The number of rotatable bonds is 5. The number of hydrogen-bond donors (Lipinski definition) is 2. The Hall–Kier alpha value is -2.89. The minimum atomic E-state index is -0.0163. The fraction of sp³-hybridized carbons (Fsp3) is 0.381. The van der Waals surface area contributed by atoms with Crippen LogP contribution in [0.15, 0.2) is 42.5 Å². The van der Waals surface area contributed by atoms with Crippen molar-refractivity contribution in [2.45, 2.75) is 18.9 Å². The first-order valence-electron chi connectivity index (χ1n) is 9.48. The van der Waals surface area contributed by atoms with Gasteiger partial charge in [0.2, 0.25) is 0 Å². The van der Waals surface area contributed by atoms with Gasteiger partial charge in [0.1, 0.15) is 5.75 Å². The van der Waals surface area contributed by atoms with Gasteiger partial charge in [-0.2, -0.15) is 0 Å². The number of anilines is 3. The van der Waals surface area contributed by atoms with E-state index < -0.39 is 0 Å². The van der Waals surface area contributed by atoms with Crippen LogP contribution in [-0.4, -0.2) is 45.2 Å². The predicted molar refractivity (Wildman–Crippen MR) is 109 cm³/mol. The van der Waals surface area contributed by atoms with Gasteiger partial charge in [0, 0.05) is 49.3 Å². The van der Waals surface area contributed by atoms with E-state index in [1.54, 1.807) is 13.2 Å². The van der Waals surface area contributed by atoms with Crippen molar-refractivity contribution in [1.82, 2.24) is 5.32 Å². The molecule has 6 nitrogen and oxygen atoms in total. The standard InChI is InChI=1S/C21H26N4O2/c1-27-18-7-5-17(6-8-18)24-10-12-25(13-11-24)20-9-2-15(22)14-19(20)21(26)23-16-3-4-16/h2,5-9,14,16H,3-4,10-13,22H2,1H3,(H,23,26). The summed E-state index contributed by atoms with van der Waals surface area (Å²) in [7, 11) is 1.68. The molecule has 0 spiro atoms. The molecule has 0 aromatic heterocycles. The number of piperazine rings is 1. The van der Waals surface area contributed by atoms with Crippen LogP contribution in [0.1, 0.15) is 23.2 Å². The number of ether oxygens (including phenoxy) is 1. The van der Waals surface area contributed by atoms with Crippen LogP contribution in [-0.2, 0) is 0 Å². The van der Waals surface area contributed by atoms with E-state index in [-0.39, 0.29) is 5.91 Å². The molecule has 1 amide bonds. The molecule has 2 aromatic rings. The molecule has 3 N–H and O–H groups in total. The molecule has 1 aliphatic heterocycles. The number of amides is 1. The lowest BCUT2D eigenvalue weighted by Crippen LogP contribution is -2.47. The third-order valence-corrected chi connectivity index (χ3v) is 5.24. The first kappa shape index (κ1) is 17.5. The van der Waals surface area contributed by atoms with Crippen LogP contribution in [0.2, 0.25) is 0 Å². The van der Waals surface area contributed by atoms with Crippen LogP contribution in [0.4, 0.5) is 17.1 Å². The smallest absolute Gasteiger partial charge is 0.253 e. The van der Waals surface area contributed by atoms with Gasteiger partial charge < -0.3 is 25.6 Å². The summed E-state index contributed by atoms with van der Waals surface area (Å²) in [6.07, 6.45) is 2.15. The average Bonchev–Trinajstić information content (AvgIpc) is 3.52. The highest BCUT2D eigenvalue weighted by atomic mass is 16.5. The molecule has 0 bridgehead atoms. The van der Waals surface area contributed by atoms with Crippen molar-refractivity contribution in [3.63, 3.8) is 0 Å². The van der Waals surface area contributed by atoms with Crippen LogP contribution >= 0.6 is 0 Å². The molecule has 2 aliphatic rings. The summed E-state index contributed by atoms with van der Waals surface area (Å²) in [5.74, 6) is 0.850. The van der Waals surface area contributed by atoms with Crippen LogP contribution in [0, 0.1) is 0 Å². The van der Waals surface area contributed by atoms with Crippen LogP contribution in [0.3, 0.4) is 0 Å². The molecular formula is C21H26N4O2. The summed E-state index contributed by atoms with van der Waals surface area (Å²) in [4.78, 5) is 17.3. The molecule has 0 radical (unpaired) electrons. The van der Waals surface area contributed by atoms with Gasteiger partial charge in [-0.3, -0.25) is 4.79 Å². The number of nitrogens with one attached hydrogen (secondary N) is 1. The number of carbonyl (C=O) groups is 1. The van der Waals surface area contributed by atoms with Crippen molar-refractivity contribution in [3.05, 3.63) is 48.0 Å². The Morgan fingerprint density at radius 2 is 1.70 bits per heavy atom. The molecule has 0 atom stereocenters. The van der Waals surface area contributed by atoms with Gasteiger partial charge in [-0.15, -0.1) is 0 Å². The average molecular weight is 366 g/mol. The summed E-state index contributed by atoms with van der Waals surface area (Å²) >= 11 is 0. The Morgan fingerprint density at radius 1 is 1.04 bits per heavy atom. The summed E-state index contributed by atoms with van der Waals surface area (Å²) in [5.41, 5.74) is 9.41. The van der Waals surface area contributed by atoms with Gasteiger partial charge in [0.15, 0.2) is 0 Å². The van der Waals surface area contributed by atoms with E-state index in [4.69, 9.17) is 10.5 Å². The fourth-order valence-corrected chi connectivity index (χ4v) is 3.50. The first-order valence-corrected chi connectivity index (χ1v) is 9.48. The summed E-state index contributed by atoms with van der Waals surface area (Å²) in [5, 5.41) is 3.08. The van der Waals surface area contributed by atoms with E-state index >= 15 is 0 Å². The summed E-state index contributed by atoms with van der Waals surface area (Å²) in [6.45, 7) is 3.53. The van der Waals surface area contributed by atoms with Crippen molar-refractivity contribution in [1.29, 1.82) is 0 Å². The zero-order valence-electron chi connectivity index (χ0n) is 15.6. The molecule has 0 unspecified atom stereocenters. The van der Waals surface area contributed by atoms with Crippen LogP contribution < -0.4 is 25.6 Å². The van der Waals surface area contributed by atoms with Gasteiger partial charge in [0.25, 0.3) is 5.91 Å². The van der Waals surface area contributed by atoms with Gasteiger partial charge in [0.05, 0.1) is 12.7 Å². The molecular weight excluding hydrogens is 340 g/mol. The monoisotopic (exact) mass is 366 g/mol. The van der Waals surface area contributed by atoms with Gasteiger partial charge in [-0.05, 0) is 55.3 Å². The number of hydrogen-bond acceptors (Lipinski definition) is 5. The lowest BCUT2D eigenvalue weighted by Gasteiger charge is -2.38. The second-order valence-corrected chi connectivity index (χ2v) is 7.20. The highest BCUT2D eigenvalue weighted by Crippen LogP contribution is 2.28. The second kappa shape index (κ2) is 7.39. The molecule has 1 saturated carbocycles. The molecule has 142 valence electrons. The van der Waals surface area contributed by atoms with E-state index in [0.29, 0.717) is 17.3 Å². The quantitative estimate of drug-likeness (QED) is 0.796. The number of nitrogens with zero attached hydrogens (tertiary/aromatic N) is 2. The topological polar surface area (TPSA) is 70.8 Å². The van der Waals surface area contributed by atoms with E-state index in [2.05, 4.69) is 27.2 Å². The van der Waals surface area contributed by atoms with Crippen molar-refractivity contribution >= 4 is 23.0 Å². The Kier molecular flexibility index (Phi) is 4.79. The Morgan fingerprint density at radius 3 is 2.33 bits per heavy atom. The number of benzene rings is 2. The second-order valence-electron chi connectivity index (χ2n) is 7.20. The highest BCUT2D eigenvalue weighted by molar-refractivity contribution is 6.01. The maximum atomic E-state index is 12.6. The Labute approximate surface area is 159 Å². The maximum absolute atomic E-state index is 12.6. The summed E-state index contributed by atoms with van der Waals surface area (Å²) < 4.78 is 5.23. The van der Waals surface area contributed by atoms with Crippen LogP contribution in [0.25, 0.3) is 0 Å². The minimum absolute atomic E-state index is 0.0163. The Balaban J connectivity index is 1.46. The zero-order chi connectivity index (χ0) is 18.8. The zero-order valence-corrected chi connectivity index (χ0v) is 15.6. The summed E-state index contributed by atoms with van der Waals surface area (Å²) in [6, 6.07) is 14.1. The first-order chi connectivity index (χ1) is 13.1. The fourth-order valence-electron chi connectivity index (χ4n) is 3.50. The van der Waals surface area contributed by atoms with Crippen LogP contribution in [0.5, 0.6) is 5.75 Å². The molecule has 1 heterocycles. The largest absolute Gasteiger partial charge is 0.497 e. The van der Waals surface area contributed by atoms with E-state index in [9.17, 15) is 4.79 Å². The van der Waals surface area contributed by atoms with Crippen molar-refractivity contribution in [2.75, 3.05) is 48.8 Å². The highest BCUT2D eigenvalue weighted by Gasteiger charge is 2.27. The third-order valence-electron chi connectivity index (χ3n) is 5.24. The molecule has 2 fully saturated rings. The number of carbonyl (C=O) groups excluding carboxylic acids is 1. The van der Waals surface area contributed by atoms with Gasteiger partial charge >= 0.3 is 0 Å². The molecule has 27 heavy (non-hydrogen) atoms. The van der Waals surface area contributed by atoms with E-state index in [0.717, 1.165) is 50.5 Å². The number of nitrogen functional groups attached to an aromatic ring is 1. The lowest BCUT2D eigenvalue weighted by molar-refractivity contribution is 0.0951. The van der Waals surface area contributed by atoms with Gasteiger partial charge in [-0.1, -0.05) is 0 Å². The van der Waals surface area contributed by atoms with Crippen molar-refractivity contribution < 1.29 is 9.53 Å².